The quantitative estimate of drug-likeness (QED) is 0.846. The van der Waals surface area contributed by atoms with E-state index in [2.05, 4.69) is 11.0 Å². The van der Waals surface area contributed by atoms with Gasteiger partial charge in [0.2, 0.25) is 5.91 Å². The number of nitrogens with two attached hydrogens (primary N) is 1. The molecule has 3 atom stereocenters. The monoisotopic (exact) mass is 360 g/mol. The molecule has 1 aromatic carbocycles. The first kappa shape index (κ1) is 19.0. The number of likely N-dealkylation sites (tertiary alicyclic amines) is 1. The fraction of sp³-hybridized carbons (Fsp3) is 0.667. The number of methoxy groups -OCH3 is 2. The third-order valence-corrected chi connectivity index (χ3v) is 5.95. The summed E-state index contributed by atoms with van der Waals surface area (Å²) in [5.41, 5.74) is 7.25. The van der Waals surface area contributed by atoms with E-state index in [1.165, 1.54) is 12.0 Å². The standard InChI is InChI=1S/C21H32N2O3/c1-25-19-11-7-15(13-20(19)26-2)6-10-18-5-3-4-12-23(18)21(24)16-8-9-17(22)14-16/h7,11,13,16-18H,3-6,8-10,12,14,22H2,1-2H3/t16-,17-,18-/m0/s1. The maximum absolute atomic E-state index is 13.0. The molecule has 5 nitrogen and oxygen atoms in total. The van der Waals surface area contributed by atoms with Crippen LogP contribution in [-0.4, -0.2) is 43.7 Å². The number of carbonyl (C=O) groups excluding carboxylic acids is 1. The van der Waals surface area contributed by atoms with Crippen LogP contribution in [0.5, 0.6) is 11.5 Å². The summed E-state index contributed by atoms with van der Waals surface area (Å²) < 4.78 is 10.7. The Hall–Kier alpha value is -1.75. The molecule has 0 unspecified atom stereocenters. The summed E-state index contributed by atoms with van der Waals surface area (Å²) in [5, 5.41) is 0. The van der Waals surface area contributed by atoms with E-state index in [0.717, 1.165) is 63.0 Å². The molecule has 1 aliphatic carbocycles. The Labute approximate surface area is 156 Å². The number of aryl methyl sites for hydroxylation is 1. The van der Waals surface area contributed by atoms with Crippen molar-refractivity contribution >= 4 is 5.91 Å². The molecule has 1 saturated heterocycles. The van der Waals surface area contributed by atoms with Gasteiger partial charge in [-0.25, -0.2) is 0 Å². The van der Waals surface area contributed by atoms with E-state index in [1.54, 1.807) is 14.2 Å². The summed E-state index contributed by atoms with van der Waals surface area (Å²) >= 11 is 0. The third-order valence-electron chi connectivity index (χ3n) is 5.95. The highest BCUT2D eigenvalue weighted by Gasteiger charge is 2.34. The fourth-order valence-electron chi connectivity index (χ4n) is 4.44. The molecule has 26 heavy (non-hydrogen) atoms. The molecule has 3 rings (SSSR count). The topological polar surface area (TPSA) is 64.8 Å². The van der Waals surface area contributed by atoms with Crippen LogP contribution in [0.25, 0.3) is 0 Å². The first-order valence-corrected chi connectivity index (χ1v) is 9.89. The van der Waals surface area contributed by atoms with Crippen molar-refractivity contribution in [3.8, 4) is 11.5 Å². The molecule has 1 heterocycles. The predicted molar refractivity (Wildman–Crippen MR) is 103 cm³/mol. The van der Waals surface area contributed by atoms with Gasteiger partial charge in [0.1, 0.15) is 0 Å². The fourth-order valence-corrected chi connectivity index (χ4v) is 4.44. The number of hydrogen-bond acceptors (Lipinski definition) is 4. The van der Waals surface area contributed by atoms with Gasteiger partial charge in [0.15, 0.2) is 11.5 Å². The summed E-state index contributed by atoms with van der Waals surface area (Å²) in [6.45, 7) is 0.904. The second-order valence-electron chi connectivity index (χ2n) is 7.68. The van der Waals surface area contributed by atoms with E-state index in [4.69, 9.17) is 15.2 Å². The van der Waals surface area contributed by atoms with E-state index in [1.807, 2.05) is 12.1 Å². The molecule has 1 amide bonds. The molecular weight excluding hydrogens is 328 g/mol. The number of nitrogens with zero attached hydrogens (tertiary/aromatic N) is 1. The largest absolute Gasteiger partial charge is 0.493 e. The minimum atomic E-state index is 0.145. The predicted octanol–water partition coefficient (Wildman–Crippen LogP) is 3.14. The lowest BCUT2D eigenvalue weighted by Gasteiger charge is -2.37. The number of amides is 1. The van der Waals surface area contributed by atoms with E-state index in [-0.39, 0.29) is 12.0 Å². The van der Waals surface area contributed by atoms with Crippen LogP contribution in [0.15, 0.2) is 18.2 Å². The zero-order chi connectivity index (χ0) is 18.5. The minimum Gasteiger partial charge on any atom is -0.493 e. The van der Waals surface area contributed by atoms with Crippen molar-refractivity contribution in [1.29, 1.82) is 0 Å². The Morgan fingerprint density at radius 2 is 1.96 bits per heavy atom. The average molecular weight is 360 g/mol. The van der Waals surface area contributed by atoms with Gasteiger partial charge < -0.3 is 20.1 Å². The summed E-state index contributed by atoms with van der Waals surface area (Å²) in [5.74, 6) is 2.01. The number of hydrogen-bond donors (Lipinski definition) is 1. The highest BCUT2D eigenvalue weighted by molar-refractivity contribution is 5.79. The molecular formula is C21H32N2O3. The Balaban J connectivity index is 1.62. The van der Waals surface area contributed by atoms with Gasteiger partial charge in [0, 0.05) is 24.5 Å². The third kappa shape index (κ3) is 4.32. The van der Waals surface area contributed by atoms with Gasteiger partial charge in [-0.15, -0.1) is 0 Å². The molecule has 1 aromatic rings. The molecule has 1 aliphatic heterocycles. The lowest BCUT2D eigenvalue weighted by molar-refractivity contribution is -0.139. The van der Waals surface area contributed by atoms with Gasteiger partial charge in [-0.2, -0.15) is 0 Å². The maximum atomic E-state index is 13.0. The van der Waals surface area contributed by atoms with Crippen molar-refractivity contribution in [2.45, 2.75) is 63.5 Å². The average Bonchev–Trinajstić information content (AvgIpc) is 3.12. The minimum absolute atomic E-state index is 0.145. The summed E-state index contributed by atoms with van der Waals surface area (Å²) in [6.07, 6.45) is 8.19. The molecule has 0 aromatic heterocycles. The summed E-state index contributed by atoms with van der Waals surface area (Å²) in [7, 11) is 3.31. The van der Waals surface area contributed by atoms with Crippen molar-refractivity contribution in [3.63, 3.8) is 0 Å². The van der Waals surface area contributed by atoms with Crippen molar-refractivity contribution in [2.24, 2.45) is 11.7 Å². The normalized spacial score (nSPS) is 26.0. The zero-order valence-corrected chi connectivity index (χ0v) is 16.1. The van der Waals surface area contributed by atoms with Crippen molar-refractivity contribution in [2.75, 3.05) is 20.8 Å². The van der Waals surface area contributed by atoms with Crippen LogP contribution < -0.4 is 15.2 Å². The number of piperidine rings is 1. The van der Waals surface area contributed by atoms with Crippen LogP contribution in [0.4, 0.5) is 0 Å². The lowest BCUT2D eigenvalue weighted by atomic mass is 9.93. The number of rotatable bonds is 6. The SMILES string of the molecule is COc1ccc(CC[C@@H]2CCCCN2C(=O)[C@H]2CC[C@H](N)C2)cc1OC. The van der Waals surface area contributed by atoms with E-state index in [0.29, 0.717) is 11.9 Å². The van der Waals surface area contributed by atoms with Crippen LogP contribution in [0.1, 0.15) is 50.5 Å². The first-order valence-electron chi connectivity index (χ1n) is 9.89. The molecule has 5 heteroatoms. The maximum Gasteiger partial charge on any atom is 0.225 e. The van der Waals surface area contributed by atoms with Crippen LogP contribution >= 0.6 is 0 Å². The highest BCUT2D eigenvalue weighted by atomic mass is 16.5. The zero-order valence-electron chi connectivity index (χ0n) is 16.1. The summed E-state index contributed by atoms with van der Waals surface area (Å²) in [6, 6.07) is 6.65. The van der Waals surface area contributed by atoms with E-state index >= 15 is 0 Å². The van der Waals surface area contributed by atoms with Crippen molar-refractivity contribution < 1.29 is 14.3 Å². The molecule has 144 valence electrons. The highest BCUT2D eigenvalue weighted by Crippen LogP contribution is 2.31. The van der Waals surface area contributed by atoms with Crippen LogP contribution in [0.3, 0.4) is 0 Å². The smallest absolute Gasteiger partial charge is 0.225 e. The van der Waals surface area contributed by atoms with Gasteiger partial charge in [0.05, 0.1) is 14.2 Å². The summed E-state index contributed by atoms with van der Waals surface area (Å²) in [4.78, 5) is 15.1. The Morgan fingerprint density at radius 1 is 1.15 bits per heavy atom. The molecule has 1 saturated carbocycles. The Kier molecular flexibility index (Phi) is 6.41. The van der Waals surface area contributed by atoms with E-state index < -0.39 is 0 Å². The van der Waals surface area contributed by atoms with Gasteiger partial charge in [-0.3, -0.25) is 4.79 Å². The molecule has 2 aliphatic rings. The van der Waals surface area contributed by atoms with Crippen LogP contribution in [-0.2, 0) is 11.2 Å². The Morgan fingerprint density at radius 3 is 2.65 bits per heavy atom. The molecule has 0 bridgehead atoms. The second kappa shape index (κ2) is 8.76. The number of benzene rings is 1. The van der Waals surface area contributed by atoms with E-state index in [9.17, 15) is 4.79 Å². The second-order valence-corrected chi connectivity index (χ2v) is 7.68. The van der Waals surface area contributed by atoms with Crippen LogP contribution in [0, 0.1) is 5.92 Å². The molecule has 0 radical (unpaired) electrons. The number of ether oxygens (including phenoxy) is 2. The first-order chi connectivity index (χ1) is 12.6. The van der Waals surface area contributed by atoms with Crippen LogP contribution in [0.2, 0.25) is 0 Å². The lowest BCUT2D eigenvalue weighted by Crippen LogP contribution is -2.46. The van der Waals surface area contributed by atoms with Gasteiger partial charge in [-0.1, -0.05) is 6.07 Å². The molecule has 0 spiro atoms. The van der Waals surface area contributed by atoms with Crippen molar-refractivity contribution in [1.82, 2.24) is 4.90 Å². The van der Waals surface area contributed by atoms with Gasteiger partial charge in [0.25, 0.3) is 0 Å². The van der Waals surface area contributed by atoms with Crippen molar-refractivity contribution in [3.05, 3.63) is 23.8 Å². The number of carbonyl (C=O) groups is 1. The molecule has 2 fully saturated rings. The van der Waals surface area contributed by atoms with Gasteiger partial charge >= 0.3 is 0 Å². The van der Waals surface area contributed by atoms with Gasteiger partial charge in [-0.05, 0) is 69.1 Å². The Bertz CT molecular complexity index is 619. The molecule has 2 N–H and O–H groups in total.